The minimum Gasteiger partial charge on any atom is -0.451 e. The van der Waals surface area contributed by atoms with Crippen LogP contribution in [0.4, 0.5) is 0 Å². The topological polar surface area (TPSA) is 58.6 Å². The predicted octanol–water partition coefficient (Wildman–Crippen LogP) is 2.55. The third kappa shape index (κ3) is 3.37. The molecule has 134 valence electrons. The van der Waals surface area contributed by atoms with Crippen molar-refractivity contribution < 1.29 is 14.3 Å². The summed E-state index contributed by atoms with van der Waals surface area (Å²) in [6.45, 7) is 6.61. The van der Waals surface area contributed by atoms with Crippen LogP contribution in [0.15, 0.2) is 11.1 Å². The second-order valence-corrected chi connectivity index (χ2v) is 7.58. The van der Waals surface area contributed by atoms with Crippen LogP contribution in [0, 0.1) is 0 Å². The number of ether oxygens (including phenoxy) is 1. The molecule has 0 aromatic heterocycles. The fourth-order valence-electron chi connectivity index (χ4n) is 4.49. The molecule has 24 heavy (non-hydrogen) atoms. The lowest BCUT2D eigenvalue weighted by Gasteiger charge is -2.35. The Morgan fingerprint density at radius 1 is 1.25 bits per heavy atom. The highest BCUT2D eigenvalue weighted by atomic mass is 16.6. The van der Waals surface area contributed by atoms with Gasteiger partial charge in [-0.25, -0.2) is 4.79 Å². The fraction of sp³-hybridized carbons (Fsp3) is 0.789. The van der Waals surface area contributed by atoms with Crippen LogP contribution in [0.1, 0.15) is 65.2 Å². The number of amides is 1. The summed E-state index contributed by atoms with van der Waals surface area (Å²) in [5, 5.41) is 3.04. The summed E-state index contributed by atoms with van der Waals surface area (Å²) in [6.07, 6.45) is 8.53. The molecule has 3 aliphatic rings. The average Bonchev–Trinajstić information content (AvgIpc) is 2.80. The number of piperidine rings is 1. The van der Waals surface area contributed by atoms with E-state index in [4.69, 9.17) is 4.74 Å². The average molecular weight is 334 g/mol. The van der Waals surface area contributed by atoms with E-state index in [0.29, 0.717) is 23.7 Å². The Kier molecular flexibility index (Phi) is 5.28. The zero-order valence-corrected chi connectivity index (χ0v) is 15.0. The number of carbonyl (C=O) groups is 2. The number of nitrogens with one attached hydrogen (secondary N) is 1. The third-order valence-corrected chi connectivity index (χ3v) is 5.94. The van der Waals surface area contributed by atoms with Gasteiger partial charge in [-0.3, -0.25) is 9.69 Å². The lowest BCUT2D eigenvalue weighted by molar-refractivity contribution is -0.149. The van der Waals surface area contributed by atoms with Gasteiger partial charge >= 0.3 is 5.97 Å². The van der Waals surface area contributed by atoms with Crippen LogP contribution in [0.2, 0.25) is 0 Å². The standard InChI is InChI=1S/C19H30N2O3/c1-14-8-4-7-12-21(14)13-11-20-17(22)16-15(2)18(23)24-19(16)9-5-3-6-10-19/h14H,3-13H2,1-2H3,(H,20,22)/t14-/m1/s1. The number of carbonyl (C=O) groups excluding carboxylic acids is 2. The van der Waals surface area contributed by atoms with E-state index in [9.17, 15) is 9.59 Å². The Balaban J connectivity index is 1.61. The molecule has 1 saturated carbocycles. The highest BCUT2D eigenvalue weighted by Gasteiger charge is 2.49. The quantitative estimate of drug-likeness (QED) is 0.803. The minimum absolute atomic E-state index is 0.107. The maximum absolute atomic E-state index is 12.8. The van der Waals surface area contributed by atoms with Crippen LogP contribution in [0.3, 0.4) is 0 Å². The zero-order valence-electron chi connectivity index (χ0n) is 15.0. The molecule has 1 spiro atoms. The molecule has 3 rings (SSSR count). The molecular weight excluding hydrogens is 304 g/mol. The minimum atomic E-state index is -0.651. The lowest BCUT2D eigenvalue weighted by atomic mass is 9.78. The molecule has 0 radical (unpaired) electrons. The Hall–Kier alpha value is -1.36. The monoisotopic (exact) mass is 334 g/mol. The SMILES string of the molecule is CC1=C(C(=O)NCCN2CCCC[C@H]2C)C2(CCCCC2)OC1=O. The zero-order chi connectivity index (χ0) is 17.2. The lowest BCUT2D eigenvalue weighted by Crippen LogP contribution is -2.45. The first-order valence-corrected chi connectivity index (χ1v) is 9.50. The highest BCUT2D eigenvalue weighted by molar-refractivity contribution is 6.07. The van der Waals surface area contributed by atoms with E-state index in [-0.39, 0.29) is 11.9 Å². The van der Waals surface area contributed by atoms with Crippen molar-refractivity contribution in [2.45, 2.75) is 76.9 Å². The van der Waals surface area contributed by atoms with E-state index >= 15 is 0 Å². The van der Waals surface area contributed by atoms with Crippen LogP contribution < -0.4 is 5.32 Å². The summed E-state index contributed by atoms with van der Waals surface area (Å²) >= 11 is 0. The molecule has 2 heterocycles. The summed E-state index contributed by atoms with van der Waals surface area (Å²) < 4.78 is 5.66. The molecule has 0 aromatic carbocycles. The molecule has 0 unspecified atom stereocenters. The van der Waals surface area contributed by atoms with Gasteiger partial charge in [0.1, 0.15) is 5.60 Å². The molecule has 1 atom stereocenters. The Morgan fingerprint density at radius 2 is 2.00 bits per heavy atom. The second-order valence-electron chi connectivity index (χ2n) is 7.58. The number of likely N-dealkylation sites (tertiary alicyclic amines) is 1. The van der Waals surface area contributed by atoms with Gasteiger partial charge in [0, 0.05) is 24.7 Å². The summed E-state index contributed by atoms with van der Waals surface area (Å²) in [6, 6.07) is 0.595. The Bertz CT molecular complexity index is 535. The molecule has 1 saturated heterocycles. The van der Waals surface area contributed by atoms with Crippen molar-refractivity contribution in [3.63, 3.8) is 0 Å². The van der Waals surface area contributed by atoms with Crippen LogP contribution in [-0.4, -0.2) is 48.1 Å². The van der Waals surface area contributed by atoms with Crippen molar-refractivity contribution in [2.24, 2.45) is 0 Å². The van der Waals surface area contributed by atoms with Crippen LogP contribution in [0.5, 0.6) is 0 Å². The van der Waals surface area contributed by atoms with Gasteiger partial charge in [-0.1, -0.05) is 12.8 Å². The molecule has 1 aliphatic carbocycles. The number of esters is 1. The van der Waals surface area contributed by atoms with Gasteiger partial charge in [-0.2, -0.15) is 0 Å². The summed E-state index contributed by atoms with van der Waals surface area (Å²) in [4.78, 5) is 27.3. The summed E-state index contributed by atoms with van der Waals surface area (Å²) in [5.41, 5.74) is 0.446. The number of hydrogen-bond donors (Lipinski definition) is 1. The molecule has 5 heteroatoms. The smallest absolute Gasteiger partial charge is 0.335 e. The van der Waals surface area contributed by atoms with Gasteiger partial charge in [-0.05, 0) is 58.9 Å². The second kappa shape index (κ2) is 7.26. The maximum atomic E-state index is 12.8. The maximum Gasteiger partial charge on any atom is 0.335 e. The van der Waals surface area contributed by atoms with Gasteiger partial charge in [0.2, 0.25) is 0 Å². The number of rotatable bonds is 4. The molecule has 1 amide bonds. The molecular formula is C19H30N2O3. The first kappa shape index (κ1) is 17.5. The molecule has 2 fully saturated rings. The summed E-state index contributed by atoms with van der Waals surface area (Å²) in [5.74, 6) is -0.420. The van der Waals surface area contributed by atoms with E-state index in [0.717, 1.165) is 45.2 Å². The van der Waals surface area contributed by atoms with Gasteiger partial charge in [-0.15, -0.1) is 0 Å². The van der Waals surface area contributed by atoms with Crippen molar-refractivity contribution in [3.05, 3.63) is 11.1 Å². The molecule has 0 bridgehead atoms. The van der Waals surface area contributed by atoms with Gasteiger partial charge in [0.25, 0.3) is 5.91 Å². The first-order chi connectivity index (χ1) is 11.5. The number of hydrogen-bond acceptors (Lipinski definition) is 4. The molecule has 1 N–H and O–H groups in total. The molecule has 5 nitrogen and oxygen atoms in total. The van der Waals surface area contributed by atoms with Crippen LogP contribution in [-0.2, 0) is 14.3 Å². The van der Waals surface area contributed by atoms with Crippen molar-refractivity contribution in [1.82, 2.24) is 10.2 Å². The fourth-order valence-corrected chi connectivity index (χ4v) is 4.49. The van der Waals surface area contributed by atoms with E-state index < -0.39 is 5.60 Å². The van der Waals surface area contributed by atoms with Crippen molar-refractivity contribution in [1.29, 1.82) is 0 Å². The van der Waals surface area contributed by atoms with E-state index in [1.165, 1.54) is 19.3 Å². The predicted molar refractivity (Wildman–Crippen MR) is 92.5 cm³/mol. The molecule has 0 aromatic rings. The van der Waals surface area contributed by atoms with Crippen LogP contribution >= 0.6 is 0 Å². The first-order valence-electron chi connectivity index (χ1n) is 9.50. The van der Waals surface area contributed by atoms with Crippen molar-refractivity contribution in [2.75, 3.05) is 19.6 Å². The summed E-state index contributed by atoms with van der Waals surface area (Å²) in [7, 11) is 0. The van der Waals surface area contributed by atoms with E-state index in [1.54, 1.807) is 6.92 Å². The molecule has 2 aliphatic heterocycles. The van der Waals surface area contributed by atoms with Gasteiger partial charge < -0.3 is 10.1 Å². The van der Waals surface area contributed by atoms with Gasteiger partial charge in [0.05, 0.1) is 5.57 Å². The van der Waals surface area contributed by atoms with Gasteiger partial charge in [0.15, 0.2) is 0 Å². The normalized spacial score (nSPS) is 27.4. The van der Waals surface area contributed by atoms with E-state index in [2.05, 4.69) is 17.1 Å². The van der Waals surface area contributed by atoms with Crippen LogP contribution in [0.25, 0.3) is 0 Å². The highest BCUT2D eigenvalue weighted by Crippen LogP contribution is 2.43. The third-order valence-electron chi connectivity index (χ3n) is 5.94. The number of nitrogens with zero attached hydrogens (tertiary/aromatic N) is 1. The largest absolute Gasteiger partial charge is 0.451 e. The Morgan fingerprint density at radius 3 is 2.71 bits per heavy atom. The van der Waals surface area contributed by atoms with E-state index in [1.807, 2.05) is 0 Å². The van der Waals surface area contributed by atoms with Crippen molar-refractivity contribution >= 4 is 11.9 Å². The van der Waals surface area contributed by atoms with Crippen molar-refractivity contribution in [3.8, 4) is 0 Å². The Labute approximate surface area is 144 Å².